The molecule has 11 heteroatoms. The highest BCUT2D eigenvalue weighted by Crippen LogP contribution is 2.20. The topological polar surface area (TPSA) is 182 Å². The third-order valence-electron chi connectivity index (χ3n) is 5.90. The lowest BCUT2D eigenvalue weighted by molar-refractivity contribution is -0.144. The van der Waals surface area contributed by atoms with Crippen LogP contribution in [0.2, 0.25) is 0 Å². The number of rotatable bonds is 10. The maximum atomic E-state index is 12.9. The summed E-state index contributed by atoms with van der Waals surface area (Å²) in [5, 5.41) is 33.9. The molecule has 0 spiro atoms. The minimum Gasteiger partial charge on any atom is -0.508 e. The van der Waals surface area contributed by atoms with Crippen molar-refractivity contribution < 1.29 is 34.5 Å². The summed E-state index contributed by atoms with van der Waals surface area (Å²) in [4.78, 5) is 51.5. The number of aliphatic carboxylic acids is 1. The monoisotopic (exact) mass is 478 g/mol. The van der Waals surface area contributed by atoms with E-state index in [0.29, 0.717) is 24.9 Å². The lowest BCUT2D eigenvalue weighted by Gasteiger charge is -2.30. The number of carboxylic acids is 1. The normalized spacial score (nSPS) is 19.2. The molecule has 0 radical (unpaired) electrons. The molecule has 2 rings (SSSR count). The Morgan fingerprint density at radius 1 is 1.12 bits per heavy atom. The van der Waals surface area contributed by atoms with E-state index < -0.39 is 48.1 Å². The zero-order valence-electron chi connectivity index (χ0n) is 19.6. The fraction of sp³-hybridized carbons (Fsp3) is 0.565. The fourth-order valence-corrected chi connectivity index (χ4v) is 3.76. The molecule has 0 aliphatic carbocycles. The zero-order valence-corrected chi connectivity index (χ0v) is 19.6. The van der Waals surface area contributed by atoms with Crippen LogP contribution in [0.5, 0.6) is 5.75 Å². The number of aliphatic hydroxyl groups is 1. The van der Waals surface area contributed by atoms with Crippen LogP contribution in [-0.4, -0.2) is 80.7 Å². The Balaban J connectivity index is 2.09. The molecule has 1 fully saturated rings. The lowest BCUT2D eigenvalue weighted by atomic mass is 10.0. The molecule has 1 heterocycles. The summed E-state index contributed by atoms with van der Waals surface area (Å²) in [6.07, 6.45) is -0.418. The van der Waals surface area contributed by atoms with E-state index in [-0.39, 0.29) is 24.0 Å². The van der Waals surface area contributed by atoms with Crippen LogP contribution < -0.4 is 16.4 Å². The van der Waals surface area contributed by atoms with E-state index in [1.807, 2.05) is 0 Å². The van der Waals surface area contributed by atoms with Crippen LogP contribution in [0.3, 0.4) is 0 Å². The van der Waals surface area contributed by atoms with Gasteiger partial charge in [0, 0.05) is 13.0 Å². The molecule has 34 heavy (non-hydrogen) atoms. The van der Waals surface area contributed by atoms with E-state index in [2.05, 4.69) is 10.6 Å². The highest BCUT2D eigenvalue weighted by atomic mass is 16.4. The number of phenolic OH excluding ortho intramolecular Hbond substituents is 1. The van der Waals surface area contributed by atoms with Crippen LogP contribution >= 0.6 is 0 Å². The first kappa shape index (κ1) is 27.1. The highest BCUT2D eigenvalue weighted by Gasteiger charge is 2.39. The van der Waals surface area contributed by atoms with Crippen LogP contribution in [0.15, 0.2) is 24.3 Å². The molecule has 1 aromatic carbocycles. The quantitative estimate of drug-likeness (QED) is 0.256. The van der Waals surface area contributed by atoms with Crippen molar-refractivity contribution in [2.75, 3.05) is 6.54 Å². The molecule has 5 unspecified atom stereocenters. The van der Waals surface area contributed by atoms with Crippen molar-refractivity contribution in [3.63, 3.8) is 0 Å². The van der Waals surface area contributed by atoms with Crippen molar-refractivity contribution >= 4 is 23.7 Å². The van der Waals surface area contributed by atoms with Gasteiger partial charge in [0.25, 0.3) is 0 Å². The van der Waals surface area contributed by atoms with Crippen molar-refractivity contribution in [2.45, 2.75) is 70.3 Å². The number of carbonyl (C=O) groups excluding carboxylic acids is 3. The smallest absolute Gasteiger partial charge is 0.326 e. The predicted molar refractivity (Wildman–Crippen MR) is 123 cm³/mol. The van der Waals surface area contributed by atoms with Gasteiger partial charge in [-0.3, -0.25) is 14.4 Å². The largest absolute Gasteiger partial charge is 0.508 e. The molecule has 0 aromatic heterocycles. The van der Waals surface area contributed by atoms with Crippen LogP contribution in [-0.2, 0) is 25.6 Å². The van der Waals surface area contributed by atoms with E-state index in [9.17, 15) is 34.5 Å². The summed E-state index contributed by atoms with van der Waals surface area (Å²) in [5.74, 6) is -3.24. The number of benzene rings is 1. The summed E-state index contributed by atoms with van der Waals surface area (Å²) in [6, 6.07) is 1.50. The zero-order chi connectivity index (χ0) is 25.6. The van der Waals surface area contributed by atoms with Gasteiger partial charge in [0.15, 0.2) is 0 Å². The molecule has 3 amide bonds. The van der Waals surface area contributed by atoms with E-state index in [1.54, 1.807) is 13.8 Å². The average molecular weight is 479 g/mol. The van der Waals surface area contributed by atoms with Crippen molar-refractivity contribution in [2.24, 2.45) is 11.7 Å². The highest BCUT2D eigenvalue weighted by molar-refractivity contribution is 5.94. The van der Waals surface area contributed by atoms with Crippen LogP contribution in [0.25, 0.3) is 0 Å². The molecule has 0 bridgehead atoms. The molecule has 1 aromatic rings. The summed E-state index contributed by atoms with van der Waals surface area (Å²) in [6.45, 7) is 5.26. The SMILES string of the molecule is CC(C)C(N)C(=O)N1CCCC1C(=O)NC(C(=O)NC(Cc1ccc(O)cc1)C(=O)O)C(C)O. The van der Waals surface area contributed by atoms with Crippen molar-refractivity contribution in [1.29, 1.82) is 0 Å². The van der Waals surface area contributed by atoms with Gasteiger partial charge in [-0.1, -0.05) is 26.0 Å². The van der Waals surface area contributed by atoms with Gasteiger partial charge >= 0.3 is 5.97 Å². The number of likely N-dealkylation sites (tertiary alicyclic amines) is 1. The van der Waals surface area contributed by atoms with Crippen molar-refractivity contribution in [1.82, 2.24) is 15.5 Å². The van der Waals surface area contributed by atoms with E-state index in [0.717, 1.165) is 0 Å². The molecule has 7 N–H and O–H groups in total. The number of hydrogen-bond donors (Lipinski definition) is 6. The predicted octanol–water partition coefficient (Wildman–Crippen LogP) is -0.656. The summed E-state index contributed by atoms with van der Waals surface area (Å²) < 4.78 is 0. The Bertz CT molecular complexity index is 888. The van der Waals surface area contributed by atoms with Crippen LogP contribution in [0.4, 0.5) is 0 Å². The number of hydrogen-bond acceptors (Lipinski definition) is 7. The second-order valence-electron chi connectivity index (χ2n) is 8.96. The minimum atomic E-state index is -1.43. The van der Waals surface area contributed by atoms with Gasteiger partial charge in [0.2, 0.25) is 17.7 Å². The van der Waals surface area contributed by atoms with Gasteiger partial charge in [0.05, 0.1) is 12.1 Å². The molecule has 1 aliphatic heterocycles. The number of carboxylic acid groups (broad SMARTS) is 1. The first-order chi connectivity index (χ1) is 15.9. The molecular formula is C23H34N4O7. The van der Waals surface area contributed by atoms with Gasteiger partial charge in [-0.25, -0.2) is 4.79 Å². The number of aliphatic hydroxyl groups excluding tert-OH is 1. The number of phenols is 1. The van der Waals surface area contributed by atoms with E-state index in [4.69, 9.17) is 5.73 Å². The minimum absolute atomic E-state index is 0.0188. The van der Waals surface area contributed by atoms with Gasteiger partial charge in [-0.2, -0.15) is 0 Å². The third kappa shape index (κ3) is 6.91. The Hall–Kier alpha value is -3.18. The summed E-state index contributed by atoms with van der Waals surface area (Å²) in [5.41, 5.74) is 6.52. The van der Waals surface area contributed by atoms with Gasteiger partial charge < -0.3 is 36.6 Å². The number of amides is 3. The average Bonchev–Trinajstić information content (AvgIpc) is 3.26. The molecule has 1 saturated heterocycles. The Morgan fingerprint density at radius 2 is 1.74 bits per heavy atom. The van der Waals surface area contributed by atoms with Crippen LogP contribution in [0.1, 0.15) is 39.2 Å². The number of nitrogens with zero attached hydrogens (tertiary/aromatic N) is 1. The number of carbonyl (C=O) groups is 4. The number of nitrogens with two attached hydrogens (primary N) is 1. The Morgan fingerprint density at radius 3 is 2.26 bits per heavy atom. The first-order valence-electron chi connectivity index (χ1n) is 11.3. The molecule has 1 aliphatic rings. The van der Waals surface area contributed by atoms with Crippen molar-refractivity contribution in [3.8, 4) is 5.75 Å². The Labute approximate surface area is 198 Å². The maximum absolute atomic E-state index is 12.9. The summed E-state index contributed by atoms with van der Waals surface area (Å²) in [7, 11) is 0. The lowest BCUT2D eigenvalue weighted by Crippen LogP contribution is -2.59. The standard InChI is InChI=1S/C23H34N4O7/c1-12(2)18(24)22(32)27-10-4-5-17(27)20(30)26-19(13(3)28)21(31)25-16(23(33)34)11-14-6-8-15(29)9-7-14/h6-9,12-13,16-19,28-29H,4-5,10-11,24H2,1-3H3,(H,25,31)(H,26,30)(H,33,34). The van der Waals surface area contributed by atoms with Crippen molar-refractivity contribution in [3.05, 3.63) is 29.8 Å². The molecule has 0 saturated carbocycles. The van der Waals surface area contributed by atoms with E-state index >= 15 is 0 Å². The third-order valence-corrected chi connectivity index (χ3v) is 5.90. The Kier molecular flexibility index (Phi) is 9.39. The second kappa shape index (κ2) is 11.8. The van der Waals surface area contributed by atoms with Gasteiger partial charge in [-0.05, 0) is 43.4 Å². The second-order valence-corrected chi connectivity index (χ2v) is 8.96. The maximum Gasteiger partial charge on any atom is 0.326 e. The van der Waals surface area contributed by atoms with Crippen LogP contribution in [0, 0.1) is 5.92 Å². The molecule has 5 atom stereocenters. The number of aromatic hydroxyl groups is 1. The van der Waals surface area contributed by atoms with Gasteiger partial charge in [-0.15, -0.1) is 0 Å². The fourth-order valence-electron chi connectivity index (χ4n) is 3.76. The first-order valence-corrected chi connectivity index (χ1v) is 11.3. The summed E-state index contributed by atoms with van der Waals surface area (Å²) >= 11 is 0. The van der Waals surface area contributed by atoms with E-state index in [1.165, 1.54) is 36.1 Å². The molecular weight excluding hydrogens is 444 g/mol. The van der Waals surface area contributed by atoms with Gasteiger partial charge in [0.1, 0.15) is 23.9 Å². The molecule has 188 valence electrons. The molecule has 11 nitrogen and oxygen atoms in total. The number of nitrogens with one attached hydrogen (secondary N) is 2.